The molecular formula is C44H32O2. The van der Waals surface area contributed by atoms with E-state index in [1.54, 1.807) is 7.11 Å². The highest BCUT2D eigenvalue weighted by Crippen LogP contribution is 2.56. The maximum absolute atomic E-state index is 12.3. The lowest BCUT2D eigenvalue weighted by atomic mass is 9.74. The molecule has 0 saturated heterocycles. The monoisotopic (exact) mass is 592 g/mol. The van der Waals surface area contributed by atoms with E-state index in [9.17, 15) is 4.79 Å². The van der Waals surface area contributed by atoms with Crippen LogP contribution in [0.25, 0.3) is 66.8 Å². The molecule has 220 valence electrons. The van der Waals surface area contributed by atoms with Gasteiger partial charge in [-0.2, -0.15) is 0 Å². The van der Waals surface area contributed by atoms with Crippen LogP contribution in [0.4, 0.5) is 0 Å². The topological polar surface area (TPSA) is 26.3 Å². The molecule has 0 unspecified atom stereocenters. The fraction of sp³-hybridized carbons (Fsp3) is 0.0227. The maximum atomic E-state index is 12.3. The summed E-state index contributed by atoms with van der Waals surface area (Å²) < 4.78 is 6.07. The summed E-state index contributed by atoms with van der Waals surface area (Å²) in [5.41, 5.74) is 13.4. The van der Waals surface area contributed by atoms with Crippen molar-refractivity contribution in [3.05, 3.63) is 175 Å². The van der Waals surface area contributed by atoms with Crippen LogP contribution in [0.5, 0.6) is 5.75 Å². The largest absolute Gasteiger partial charge is 0.496 e. The quantitative estimate of drug-likeness (QED) is 0.164. The van der Waals surface area contributed by atoms with E-state index in [1.807, 2.05) is 30.3 Å². The van der Waals surface area contributed by atoms with Crippen molar-refractivity contribution in [1.29, 1.82) is 0 Å². The molecule has 2 nitrogen and oxygen atoms in total. The Morgan fingerprint density at radius 3 is 0.978 bits per heavy atom. The zero-order chi connectivity index (χ0) is 31.3. The third kappa shape index (κ3) is 5.31. The lowest BCUT2D eigenvalue weighted by molar-refractivity contribution is 0.112. The molecule has 0 fully saturated rings. The van der Waals surface area contributed by atoms with Crippen molar-refractivity contribution in [2.75, 3.05) is 7.11 Å². The molecule has 46 heavy (non-hydrogen) atoms. The second kappa shape index (κ2) is 12.9. The van der Waals surface area contributed by atoms with Crippen molar-refractivity contribution in [3.8, 4) is 72.5 Å². The molecule has 0 N–H and O–H groups in total. The first-order chi connectivity index (χ1) is 22.8. The number of hydrogen-bond donors (Lipinski definition) is 0. The van der Waals surface area contributed by atoms with Crippen molar-refractivity contribution in [1.82, 2.24) is 0 Å². The zero-order valence-electron chi connectivity index (χ0n) is 25.6. The van der Waals surface area contributed by atoms with Crippen LogP contribution < -0.4 is 4.74 Å². The number of methoxy groups -OCH3 is 1. The molecule has 7 rings (SSSR count). The lowest BCUT2D eigenvalue weighted by Crippen LogP contribution is -2.03. The van der Waals surface area contributed by atoms with Crippen molar-refractivity contribution < 1.29 is 9.53 Å². The Labute approximate surface area is 270 Å². The number of ether oxygens (including phenoxy) is 1. The minimum Gasteiger partial charge on any atom is -0.496 e. The highest BCUT2D eigenvalue weighted by molar-refractivity contribution is 6.15. The number of rotatable bonds is 8. The van der Waals surface area contributed by atoms with Gasteiger partial charge >= 0.3 is 0 Å². The standard InChI is InChI=1S/C44H32O2/c1-46-38-28-27-31(30-45)29-37(38)44-42(35-23-13-5-14-24-35)40(33-19-9-3-10-20-33)39(32-17-7-2-8-18-32)41(34-21-11-4-12-22-34)43(44)36-25-15-6-16-26-36/h2-30H,1H3. The molecule has 0 aliphatic heterocycles. The molecule has 0 atom stereocenters. The molecule has 0 aromatic heterocycles. The van der Waals surface area contributed by atoms with Gasteiger partial charge in [0.2, 0.25) is 0 Å². The molecule has 2 heteroatoms. The number of benzene rings is 7. The summed E-state index contributed by atoms with van der Waals surface area (Å²) in [5, 5.41) is 0. The highest BCUT2D eigenvalue weighted by atomic mass is 16.5. The van der Waals surface area contributed by atoms with Crippen molar-refractivity contribution in [2.45, 2.75) is 0 Å². The number of carbonyl (C=O) groups is 1. The van der Waals surface area contributed by atoms with Gasteiger partial charge in [0.15, 0.2) is 0 Å². The smallest absolute Gasteiger partial charge is 0.150 e. The first-order valence-electron chi connectivity index (χ1n) is 15.4. The Balaban J connectivity index is 1.84. The Hall–Kier alpha value is -5.99. The van der Waals surface area contributed by atoms with Gasteiger partial charge in [-0.1, -0.05) is 152 Å². The van der Waals surface area contributed by atoms with E-state index >= 15 is 0 Å². The van der Waals surface area contributed by atoms with E-state index in [0.717, 1.165) is 73.0 Å². The van der Waals surface area contributed by atoms with Crippen LogP contribution in [-0.2, 0) is 0 Å². The third-order valence-electron chi connectivity index (χ3n) is 8.44. The second-order valence-electron chi connectivity index (χ2n) is 11.2. The van der Waals surface area contributed by atoms with Gasteiger partial charge in [-0.3, -0.25) is 4.79 Å². The molecule has 0 heterocycles. The van der Waals surface area contributed by atoms with Gasteiger partial charge in [-0.05, 0) is 73.8 Å². The van der Waals surface area contributed by atoms with Crippen LogP contribution in [-0.4, -0.2) is 13.4 Å². The predicted molar refractivity (Wildman–Crippen MR) is 191 cm³/mol. The summed E-state index contributed by atoms with van der Waals surface area (Å²) in [7, 11) is 1.69. The van der Waals surface area contributed by atoms with Crippen molar-refractivity contribution in [2.24, 2.45) is 0 Å². The zero-order valence-corrected chi connectivity index (χ0v) is 25.6. The number of carbonyl (C=O) groups excluding carboxylic acids is 1. The molecule has 0 radical (unpaired) electrons. The summed E-state index contributed by atoms with van der Waals surface area (Å²) in [6.45, 7) is 0. The molecule has 0 aliphatic carbocycles. The molecule has 0 bridgehead atoms. The minimum atomic E-state index is 0.587. The van der Waals surface area contributed by atoms with E-state index in [2.05, 4.69) is 140 Å². The van der Waals surface area contributed by atoms with E-state index in [1.165, 1.54) is 0 Å². The Bertz CT molecular complexity index is 2000. The average molecular weight is 593 g/mol. The average Bonchev–Trinajstić information content (AvgIpc) is 3.15. The Kier molecular flexibility index (Phi) is 8.09. The third-order valence-corrected chi connectivity index (χ3v) is 8.44. The molecule has 0 amide bonds. The fourth-order valence-corrected chi connectivity index (χ4v) is 6.48. The van der Waals surface area contributed by atoms with Gasteiger partial charge < -0.3 is 4.74 Å². The van der Waals surface area contributed by atoms with Gasteiger partial charge in [-0.25, -0.2) is 0 Å². The summed E-state index contributed by atoms with van der Waals surface area (Å²) >= 11 is 0. The molecule has 7 aromatic carbocycles. The first-order valence-corrected chi connectivity index (χ1v) is 15.4. The maximum Gasteiger partial charge on any atom is 0.150 e. The van der Waals surface area contributed by atoms with Crippen molar-refractivity contribution in [3.63, 3.8) is 0 Å². The molecule has 0 aliphatic rings. The van der Waals surface area contributed by atoms with Crippen LogP contribution in [0.3, 0.4) is 0 Å². The Morgan fingerprint density at radius 2 is 0.696 bits per heavy atom. The van der Waals surface area contributed by atoms with Crippen molar-refractivity contribution >= 4 is 6.29 Å². The van der Waals surface area contributed by atoms with E-state index in [4.69, 9.17) is 4.74 Å². The number of aldehydes is 1. The van der Waals surface area contributed by atoms with Gasteiger partial charge in [0, 0.05) is 16.7 Å². The first kappa shape index (κ1) is 28.8. The lowest BCUT2D eigenvalue weighted by Gasteiger charge is -2.29. The fourth-order valence-electron chi connectivity index (χ4n) is 6.48. The predicted octanol–water partition coefficient (Wildman–Crippen LogP) is 11.5. The SMILES string of the molecule is COc1ccc(C=O)cc1-c1c(-c2ccccc2)c(-c2ccccc2)c(-c2ccccc2)c(-c2ccccc2)c1-c1ccccc1. The van der Waals surface area contributed by atoms with Crippen LogP contribution in [0, 0.1) is 0 Å². The summed E-state index contributed by atoms with van der Waals surface area (Å²) in [5.74, 6) is 0.699. The molecule has 0 saturated carbocycles. The van der Waals surface area contributed by atoms with E-state index < -0.39 is 0 Å². The van der Waals surface area contributed by atoms with Gasteiger partial charge in [0.1, 0.15) is 12.0 Å². The summed E-state index contributed by atoms with van der Waals surface area (Å²) in [6.07, 6.45) is 0.905. The normalized spacial score (nSPS) is 10.8. The van der Waals surface area contributed by atoms with Crippen LogP contribution in [0.2, 0.25) is 0 Å². The summed E-state index contributed by atoms with van der Waals surface area (Å²) in [6, 6.07) is 58.7. The molecule has 7 aromatic rings. The molecule has 0 spiro atoms. The minimum absolute atomic E-state index is 0.587. The van der Waals surface area contributed by atoms with E-state index in [-0.39, 0.29) is 0 Å². The van der Waals surface area contributed by atoms with Gasteiger partial charge in [0.25, 0.3) is 0 Å². The van der Waals surface area contributed by atoms with E-state index in [0.29, 0.717) is 11.3 Å². The van der Waals surface area contributed by atoms with Crippen LogP contribution >= 0.6 is 0 Å². The van der Waals surface area contributed by atoms with Gasteiger partial charge in [0.05, 0.1) is 7.11 Å². The van der Waals surface area contributed by atoms with Crippen LogP contribution in [0.15, 0.2) is 170 Å². The highest BCUT2D eigenvalue weighted by Gasteiger charge is 2.30. The van der Waals surface area contributed by atoms with Crippen LogP contribution in [0.1, 0.15) is 10.4 Å². The second-order valence-corrected chi connectivity index (χ2v) is 11.2. The Morgan fingerprint density at radius 1 is 0.391 bits per heavy atom. The summed E-state index contributed by atoms with van der Waals surface area (Å²) in [4.78, 5) is 12.3. The van der Waals surface area contributed by atoms with Gasteiger partial charge in [-0.15, -0.1) is 0 Å². The number of hydrogen-bond acceptors (Lipinski definition) is 2. The molecular weight excluding hydrogens is 560 g/mol.